The van der Waals surface area contributed by atoms with Crippen molar-refractivity contribution in [3.63, 3.8) is 0 Å². The summed E-state index contributed by atoms with van der Waals surface area (Å²) in [7, 11) is 1.35. The van der Waals surface area contributed by atoms with E-state index in [1.54, 1.807) is 0 Å². The number of nitrogens with one attached hydrogen (secondary N) is 2. The number of benzene rings is 1. The lowest BCUT2D eigenvalue weighted by atomic mass is 9.93. The van der Waals surface area contributed by atoms with Crippen LogP contribution in [0.5, 0.6) is 0 Å². The monoisotopic (exact) mass is 292 g/mol. The van der Waals surface area contributed by atoms with E-state index in [1.165, 1.54) is 7.11 Å². The Balaban J connectivity index is 1.84. The Morgan fingerprint density at radius 3 is 2.81 bits per heavy atom. The van der Waals surface area contributed by atoms with Gasteiger partial charge in [0.25, 0.3) is 0 Å². The molecular formula is C15H20N2O4. The summed E-state index contributed by atoms with van der Waals surface area (Å²) < 4.78 is 9.93. The van der Waals surface area contributed by atoms with Crippen LogP contribution < -0.4 is 10.6 Å². The normalized spacial score (nSPS) is 21.4. The molecule has 114 valence electrons. The minimum atomic E-state index is -0.514. The molecule has 6 nitrogen and oxygen atoms in total. The molecule has 1 saturated heterocycles. The van der Waals surface area contributed by atoms with E-state index in [1.807, 2.05) is 30.3 Å². The van der Waals surface area contributed by atoms with Crippen LogP contribution in [0.15, 0.2) is 30.3 Å². The number of alkyl carbamates (subject to hydrolysis) is 1. The zero-order chi connectivity index (χ0) is 15.1. The maximum Gasteiger partial charge on any atom is 0.407 e. The van der Waals surface area contributed by atoms with E-state index < -0.39 is 6.09 Å². The van der Waals surface area contributed by atoms with Gasteiger partial charge in [0.15, 0.2) is 0 Å². The van der Waals surface area contributed by atoms with Crippen molar-refractivity contribution in [2.75, 3.05) is 20.2 Å². The first kappa shape index (κ1) is 15.3. The van der Waals surface area contributed by atoms with Crippen molar-refractivity contribution >= 4 is 12.1 Å². The van der Waals surface area contributed by atoms with Gasteiger partial charge in [0.05, 0.1) is 13.0 Å². The van der Waals surface area contributed by atoms with E-state index >= 15 is 0 Å². The quantitative estimate of drug-likeness (QED) is 0.812. The third-order valence-electron chi connectivity index (χ3n) is 3.50. The van der Waals surface area contributed by atoms with Gasteiger partial charge >= 0.3 is 12.1 Å². The lowest BCUT2D eigenvalue weighted by Gasteiger charge is -2.30. The number of rotatable bonds is 4. The maximum atomic E-state index is 11.8. The zero-order valence-electron chi connectivity index (χ0n) is 12.0. The number of carbonyl (C=O) groups excluding carboxylic acids is 2. The van der Waals surface area contributed by atoms with Gasteiger partial charge in [-0.05, 0) is 18.5 Å². The van der Waals surface area contributed by atoms with Crippen LogP contribution in [0.3, 0.4) is 0 Å². The Bertz CT molecular complexity index is 478. The maximum absolute atomic E-state index is 11.8. The fourth-order valence-electron chi connectivity index (χ4n) is 2.35. The molecule has 1 aromatic carbocycles. The second-order valence-corrected chi connectivity index (χ2v) is 4.94. The molecule has 1 unspecified atom stereocenters. The molecule has 2 rings (SSSR count). The number of ether oxygens (including phenoxy) is 2. The lowest BCUT2D eigenvalue weighted by Crippen LogP contribution is -2.52. The molecule has 1 fully saturated rings. The highest BCUT2D eigenvalue weighted by Crippen LogP contribution is 2.13. The van der Waals surface area contributed by atoms with E-state index in [0.717, 1.165) is 12.1 Å². The Morgan fingerprint density at radius 1 is 1.33 bits per heavy atom. The second kappa shape index (κ2) is 7.64. The Labute approximate surface area is 123 Å². The van der Waals surface area contributed by atoms with Gasteiger partial charge in [-0.2, -0.15) is 0 Å². The number of esters is 1. The predicted molar refractivity (Wildman–Crippen MR) is 76.5 cm³/mol. The first-order valence-electron chi connectivity index (χ1n) is 6.96. The van der Waals surface area contributed by atoms with E-state index in [-0.39, 0.29) is 24.5 Å². The van der Waals surface area contributed by atoms with Gasteiger partial charge in [0, 0.05) is 12.6 Å². The number of amides is 1. The number of methoxy groups -OCH3 is 1. The Hall–Kier alpha value is -2.08. The molecule has 2 atom stereocenters. The number of hydrogen-bond acceptors (Lipinski definition) is 5. The number of carbonyl (C=O) groups is 2. The molecule has 0 spiro atoms. The van der Waals surface area contributed by atoms with Crippen LogP contribution >= 0.6 is 0 Å². The molecular weight excluding hydrogens is 272 g/mol. The highest BCUT2D eigenvalue weighted by atomic mass is 16.5. The molecule has 2 N–H and O–H groups in total. The van der Waals surface area contributed by atoms with Gasteiger partial charge in [-0.3, -0.25) is 4.79 Å². The molecule has 21 heavy (non-hydrogen) atoms. The van der Waals surface area contributed by atoms with Crippen molar-refractivity contribution in [1.82, 2.24) is 10.6 Å². The third-order valence-corrected chi connectivity index (χ3v) is 3.50. The van der Waals surface area contributed by atoms with Crippen LogP contribution in [0, 0.1) is 5.92 Å². The summed E-state index contributed by atoms with van der Waals surface area (Å²) in [6, 6.07) is 9.18. The molecule has 0 saturated carbocycles. The third kappa shape index (κ3) is 4.46. The first-order valence-corrected chi connectivity index (χ1v) is 6.96. The Morgan fingerprint density at radius 2 is 2.10 bits per heavy atom. The van der Waals surface area contributed by atoms with E-state index in [0.29, 0.717) is 13.0 Å². The van der Waals surface area contributed by atoms with Crippen molar-refractivity contribution in [3.8, 4) is 0 Å². The Kier molecular flexibility index (Phi) is 5.57. The van der Waals surface area contributed by atoms with Crippen LogP contribution in [0.1, 0.15) is 12.0 Å². The van der Waals surface area contributed by atoms with Crippen molar-refractivity contribution in [2.24, 2.45) is 5.92 Å². The standard InChI is InChI=1S/C15H20N2O4/c1-20-14(18)12-9-16-8-7-13(12)17-15(19)21-10-11-5-3-2-4-6-11/h2-6,12-13,16H,7-10H2,1H3,(H,17,19)/t12-,13?/m0/s1. The van der Waals surface area contributed by atoms with Crippen LogP contribution in [-0.2, 0) is 20.9 Å². The highest BCUT2D eigenvalue weighted by Gasteiger charge is 2.33. The average molecular weight is 292 g/mol. The highest BCUT2D eigenvalue weighted by molar-refractivity contribution is 5.75. The molecule has 0 radical (unpaired) electrons. The van der Waals surface area contributed by atoms with Crippen molar-refractivity contribution in [3.05, 3.63) is 35.9 Å². The summed E-state index contributed by atoms with van der Waals surface area (Å²) in [5.74, 6) is -0.705. The fourth-order valence-corrected chi connectivity index (χ4v) is 2.35. The lowest BCUT2D eigenvalue weighted by molar-refractivity contribution is -0.146. The van der Waals surface area contributed by atoms with Gasteiger partial charge in [0.1, 0.15) is 6.61 Å². The first-order chi connectivity index (χ1) is 10.2. The summed E-state index contributed by atoms with van der Waals surface area (Å²) in [6.45, 7) is 1.45. The summed E-state index contributed by atoms with van der Waals surface area (Å²) in [5.41, 5.74) is 0.919. The zero-order valence-corrected chi connectivity index (χ0v) is 12.0. The molecule has 0 bridgehead atoms. The summed E-state index contributed by atoms with van der Waals surface area (Å²) in [4.78, 5) is 23.5. The molecule has 1 aliphatic rings. The van der Waals surface area contributed by atoms with E-state index in [9.17, 15) is 9.59 Å². The molecule has 0 aliphatic carbocycles. The smallest absolute Gasteiger partial charge is 0.407 e. The number of hydrogen-bond donors (Lipinski definition) is 2. The van der Waals surface area contributed by atoms with Crippen molar-refractivity contribution in [1.29, 1.82) is 0 Å². The van der Waals surface area contributed by atoms with E-state index in [4.69, 9.17) is 9.47 Å². The van der Waals surface area contributed by atoms with Crippen LogP contribution in [0.2, 0.25) is 0 Å². The average Bonchev–Trinajstić information content (AvgIpc) is 2.54. The fraction of sp³-hybridized carbons (Fsp3) is 0.467. The van der Waals surface area contributed by atoms with Crippen LogP contribution in [0.25, 0.3) is 0 Å². The SMILES string of the molecule is COC(=O)[C@H]1CNCCC1NC(=O)OCc1ccccc1. The molecule has 0 aromatic heterocycles. The van der Waals surface area contributed by atoms with Crippen LogP contribution in [-0.4, -0.2) is 38.3 Å². The van der Waals surface area contributed by atoms with Gasteiger partial charge in [-0.1, -0.05) is 30.3 Å². The topological polar surface area (TPSA) is 76.7 Å². The molecule has 1 heterocycles. The van der Waals surface area contributed by atoms with Crippen LogP contribution in [0.4, 0.5) is 4.79 Å². The summed E-state index contributed by atoms with van der Waals surface area (Å²) >= 11 is 0. The van der Waals surface area contributed by atoms with Gasteiger partial charge in [-0.25, -0.2) is 4.79 Å². The van der Waals surface area contributed by atoms with Gasteiger partial charge in [-0.15, -0.1) is 0 Å². The van der Waals surface area contributed by atoms with Crippen molar-refractivity contribution < 1.29 is 19.1 Å². The summed E-state index contributed by atoms with van der Waals surface area (Å²) in [5, 5.41) is 5.87. The van der Waals surface area contributed by atoms with Gasteiger partial charge in [0.2, 0.25) is 0 Å². The molecule has 1 aromatic rings. The minimum absolute atomic E-state index is 0.209. The van der Waals surface area contributed by atoms with Gasteiger partial charge < -0.3 is 20.1 Å². The number of piperidine rings is 1. The molecule has 1 aliphatic heterocycles. The summed E-state index contributed by atoms with van der Waals surface area (Å²) in [6.07, 6.45) is 0.153. The second-order valence-electron chi connectivity index (χ2n) is 4.94. The molecule has 6 heteroatoms. The minimum Gasteiger partial charge on any atom is -0.469 e. The van der Waals surface area contributed by atoms with Crippen molar-refractivity contribution in [2.45, 2.75) is 19.1 Å². The molecule has 1 amide bonds. The van der Waals surface area contributed by atoms with E-state index in [2.05, 4.69) is 10.6 Å². The largest absolute Gasteiger partial charge is 0.469 e. The predicted octanol–water partition coefficient (Wildman–Crippen LogP) is 1.06.